The number of aliphatic hydroxyl groups excluding tert-OH is 1. The molecule has 66 valence electrons. The smallest absolute Gasteiger partial charge is 0.0836 e. The molecule has 2 N–H and O–H groups in total. The predicted octanol–water partition coefficient (Wildman–Crippen LogP) is 1.49. The van der Waals surface area contributed by atoms with Crippen LogP contribution in [0.5, 0.6) is 0 Å². The van der Waals surface area contributed by atoms with E-state index in [1.165, 1.54) is 0 Å². The van der Waals surface area contributed by atoms with Crippen molar-refractivity contribution in [3.63, 3.8) is 0 Å². The molecule has 0 aromatic heterocycles. The van der Waals surface area contributed by atoms with E-state index in [9.17, 15) is 0 Å². The number of oxime groups is 1. The van der Waals surface area contributed by atoms with Crippen LogP contribution in [-0.4, -0.2) is 23.1 Å². The largest absolute Gasteiger partial charge is 0.411 e. The Morgan fingerprint density at radius 3 is 2.08 bits per heavy atom. The van der Waals surface area contributed by atoms with Crippen molar-refractivity contribution in [2.45, 2.75) is 6.92 Å². The maximum absolute atomic E-state index is 8.38. The van der Waals surface area contributed by atoms with Gasteiger partial charge in [-0.2, -0.15) is 0 Å². The lowest BCUT2D eigenvalue weighted by Crippen LogP contribution is -1.92. The zero-order valence-electron chi connectivity index (χ0n) is 7.23. The molecule has 0 aliphatic rings. The first-order chi connectivity index (χ1) is 5.84. The topological polar surface area (TPSA) is 52.8 Å². The first-order valence-corrected chi connectivity index (χ1v) is 3.53. The highest BCUT2D eigenvalue weighted by Crippen LogP contribution is 1.99. The minimum atomic E-state index is 0.639. The van der Waals surface area contributed by atoms with Gasteiger partial charge in [0.1, 0.15) is 0 Å². The van der Waals surface area contributed by atoms with Gasteiger partial charge in [-0.3, -0.25) is 0 Å². The second kappa shape index (κ2) is 6.37. The Morgan fingerprint density at radius 1 is 1.17 bits per heavy atom. The van der Waals surface area contributed by atoms with Gasteiger partial charge in [-0.15, -0.1) is 0 Å². The summed E-state index contributed by atoms with van der Waals surface area (Å²) in [7, 11) is 1.00. The lowest BCUT2D eigenvalue weighted by atomic mass is 10.1. The molecule has 3 heteroatoms. The maximum Gasteiger partial charge on any atom is 0.0836 e. The van der Waals surface area contributed by atoms with Crippen molar-refractivity contribution in [3.8, 4) is 0 Å². The highest BCUT2D eigenvalue weighted by molar-refractivity contribution is 5.98. The molecule has 0 atom stereocenters. The molecule has 0 spiro atoms. The van der Waals surface area contributed by atoms with E-state index in [1.807, 2.05) is 30.3 Å². The molecular weight excluding hydrogens is 154 g/mol. The molecule has 0 amide bonds. The van der Waals surface area contributed by atoms with Crippen LogP contribution in [0.15, 0.2) is 35.5 Å². The van der Waals surface area contributed by atoms with Crippen LogP contribution in [0.4, 0.5) is 0 Å². The molecular formula is C9H13NO2. The van der Waals surface area contributed by atoms with Gasteiger partial charge in [0.25, 0.3) is 0 Å². The summed E-state index contributed by atoms with van der Waals surface area (Å²) in [5.74, 6) is 0. The van der Waals surface area contributed by atoms with Crippen LogP contribution in [0, 0.1) is 0 Å². The van der Waals surface area contributed by atoms with E-state index in [4.69, 9.17) is 10.3 Å². The average molecular weight is 167 g/mol. The third-order valence-corrected chi connectivity index (χ3v) is 1.34. The van der Waals surface area contributed by atoms with E-state index in [-0.39, 0.29) is 0 Å². The van der Waals surface area contributed by atoms with Crippen LogP contribution in [-0.2, 0) is 0 Å². The number of nitrogens with zero attached hydrogens (tertiary/aromatic N) is 1. The molecule has 3 nitrogen and oxygen atoms in total. The van der Waals surface area contributed by atoms with E-state index in [0.29, 0.717) is 5.71 Å². The third kappa shape index (κ3) is 3.16. The fourth-order valence-corrected chi connectivity index (χ4v) is 0.737. The summed E-state index contributed by atoms with van der Waals surface area (Å²) >= 11 is 0. The van der Waals surface area contributed by atoms with Gasteiger partial charge in [0.05, 0.1) is 5.71 Å². The third-order valence-electron chi connectivity index (χ3n) is 1.34. The Bertz CT molecular complexity index is 232. The summed E-state index contributed by atoms with van der Waals surface area (Å²) < 4.78 is 0. The maximum atomic E-state index is 8.38. The van der Waals surface area contributed by atoms with Crippen LogP contribution in [0.3, 0.4) is 0 Å². The molecule has 1 rings (SSSR count). The monoisotopic (exact) mass is 167 g/mol. The van der Waals surface area contributed by atoms with E-state index in [2.05, 4.69) is 5.16 Å². The van der Waals surface area contributed by atoms with Crippen LogP contribution in [0.25, 0.3) is 0 Å². The zero-order chi connectivity index (χ0) is 9.40. The Labute approximate surface area is 72.0 Å². The number of hydrogen-bond acceptors (Lipinski definition) is 3. The summed E-state index contributed by atoms with van der Waals surface area (Å²) in [5.41, 5.74) is 1.59. The van der Waals surface area contributed by atoms with Crippen molar-refractivity contribution < 1.29 is 10.3 Å². The average Bonchev–Trinajstić information content (AvgIpc) is 2.21. The molecule has 12 heavy (non-hydrogen) atoms. The quantitative estimate of drug-likeness (QED) is 0.378. The molecule has 0 fully saturated rings. The Kier molecular flexibility index (Phi) is 5.65. The Morgan fingerprint density at radius 2 is 1.67 bits per heavy atom. The summed E-state index contributed by atoms with van der Waals surface area (Å²) in [6.07, 6.45) is 0. The number of hydrogen-bond donors (Lipinski definition) is 2. The highest BCUT2D eigenvalue weighted by atomic mass is 16.4. The van der Waals surface area contributed by atoms with Crippen molar-refractivity contribution in [2.24, 2.45) is 5.16 Å². The van der Waals surface area contributed by atoms with E-state index < -0.39 is 0 Å². The molecule has 0 heterocycles. The molecule has 0 unspecified atom stereocenters. The standard InChI is InChI=1S/C8H9NO.CH4O/c1-7(9-10)8-5-3-2-4-6-8;1-2/h2-6,10H,1H3;2H,1H3/b9-7+;. The van der Waals surface area contributed by atoms with Gasteiger partial charge in [-0.1, -0.05) is 35.5 Å². The van der Waals surface area contributed by atoms with E-state index in [1.54, 1.807) is 6.92 Å². The summed E-state index contributed by atoms with van der Waals surface area (Å²) in [6, 6.07) is 9.53. The van der Waals surface area contributed by atoms with Gasteiger partial charge in [-0.05, 0) is 12.5 Å². The molecule has 0 radical (unpaired) electrons. The first kappa shape index (κ1) is 10.7. The van der Waals surface area contributed by atoms with Gasteiger partial charge in [0.2, 0.25) is 0 Å². The molecule has 0 aliphatic carbocycles. The summed E-state index contributed by atoms with van der Waals surface area (Å²) in [5, 5.41) is 18.5. The number of aliphatic hydroxyl groups is 1. The van der Waals surface area contributed by atoms with Crippen molar-refractivity contribution in [2.75, 3.05) is 7.11 Å². The minimum Gasteiger partial charge on any atom is -0.411 e. The Hall–Kier alpha value is -1.35. The lowest BCUT2D eigenvalue weighted by molar-refractivity contribution is 0.319. The van der Waals surface area contributed by atoms with E-state index >= 15 is 0 Å². The highest BCUT2D eigenvalue weighted by Gasteiger charge is 1.92. The van der Waals surface area contributed by atoms with Crippen LogP contribution in [0.2, 0.25) is 0 Å². The molecule has 0 aliphatic heterocycles. The SMILES string of the molecule is C/C(=N\O)c1ccccc1.CO. The molecule has 1 aromatic carbocycles. The summed E-state index contributed by atoms with van der Waals surface area (Å²) in [4.78, 5) is 0. The normalized spacial score (nSPS) is 10.1. The lowest BCUT2D eigenvalue weighted by Gasteiger charge is -1.94. The number of rotatable bonds is 1. The van der Waals surface area contributed by atoms with Crippen LogP contribution in [0.1, 0.15) is 12.5 Å². The molecule has 0 saturated carbocycles. The summed E-state index contributed by atoms with van der Waals surface area (Å²) in [6.45, 7) is 1.76. The van der Waals surface area contributed by atoms with Gasteiger partial charge in [-0.25, -0.2) is 0 Å². The number of benzene rings is 1. The van der Waals surface area contributed by atoms with Crippen LogP contribution >= 0.6 is 0 Å². The van der Waals surface area contributed by atoms with Crippen molar-refractivity contribution in [1.29, 1.82) is 0 Å². The Balaban J connectivity index is 0.000000561. The predicted molar refractivity (Wildman–Crippen MR) is 48.6 cm³/mol. The molecule has 0 saturated heterocycles. The second-order valence-corrected chi connectivity index (χ2v) is 2.05. The van der Waals surface area contributed by atoms with Gasteiger partial charge in [0, 0.05) is 7.11 Å². The first-order valence-electron chi connectivity index (χ1n) is 3.53. The van der Waals surface area contributed by atoms with Gasteiger partial charge < -0.3 is 10.3 Å². The fourth-order valence-electron chi connectivity index (χ4n) is 0.737. The van der Waals surface area contributed by atoms with Gasteiger partial charge in [0.15, 0.2) is 0 Å². The fraction of sp³-hybridized carbons (Fsp3) is 0.222. The van der Waals surface area contributed by atoms with Crippen molar-refractivity contribution >= 4 is 5.71 Å². The van der Waals surface area contributed by atoms with Crippen LogP contribution < -0.4 is 0 Å². The van der Waals surface area contributed by atoms with Crippen molar-refractivity contribution in [3.05, 3.63) is 35.9 Å². The zero-order valence-corrected chi connectivity index (χ0v) is 7.23. The second-order valence-electron chi connectivity index (χ2n) is 2.05. The van der Waals surface area contributed by atoms with E-state index in [0.717, 1.165) is 12.7 Å². The van der Waals surface area contributed by atoms with Gasteiger partial charge >= 0.3 is 0 Å². The molecule has 1 aromatic rings. The van der Waals surface area contributed by atoms with Crippen molar-refractivity contribution in [1.82, 2.24) is 0 Å². The minimum absolute atomic E-state index is 0.639. The molecule has 0 bridgehead atoms.